The molecule has 3 heteroatoms. The van der Waals surface area contributed by atoms with E-state index < -0.39 is 0 Å². The summed E-state index contributed by atoms with van der Waals surface area (Å²) in [5.41, 5.74) is 0. The van der Waals surface area contributed by atoms with Crippen LogP contribution in [0.3, 0.4) is 0 Å². The Bertz CT molecular complexity index is 176. The summed E-state index contributed by atoms with van der Waals surface area (Å²) in [7, 11) is 2.22. The van der Waals surface area contributed by atoms with Gasteiger partial charge in [0.1, 0.15) is 0 Å². The lowest BCUT2D eigenvalue weighted by molar-refractivity contribution is 0.110. The van der Waals surface area contributed by atoms with Crippen LogP contribution in [0.15, 0.2) is 0 Å². The van der Waals surface area contributed by atoms with Gasteiger partial charge in [0.25, 0.3) is 0 Å². The summed E-state index contributed by atoms with van der Waals surface area (Å²) < 4.78 is 0. The Balaban J connectivity index is 2.20. The lowest BCUT2D eigenvalue weighted by atomic mass is 10.1. The third-order valence-corrected chi connectivity index (χ3v) is 3.60. The number of hydrogen-bond acceptors (Lipinski definition) is 3. The topological polar surface area (TPSA) is 18.5 Å². The summed E-state index contributed by atoms with van der Waals surface area (Å²) >= 11 is 0. The molecule has 0 amide bonds. The third kappa shape index (κ3) is 4.81. The summed E-state index contributed by atoms with van der Waals surface area (Å²) in [5, 5.41) is 3.57. The molecule has 0 spiro atoms. The van der Waals surface area contributed by atoms with E-state index in [0.29, 0.717) is 12.1 Å². The average molecular weight is 227 g/mol. The molecule has 0 aromatic heterocycles. The highest BCUT2D eigenvalue weighted by atomic mass is 15.3. The van der Waals surface area contributed by atoms with Crippen LogP contribution in [0, 0.1) is 0 Å². The van der Waals surface area contributed by atoms with Gasteiger partial charge in [0.05, 0.1) is 0 Å². The zero-order chi connectivity index (χ0) is 12.0. The summed E-state index contributed by atoms with van der Waals surface area (Å²) in [5.74, 6) is 0. The molecule has 2 atom stereocenters. The van der Waals surface area contributed by atoms with Gasteiger partial charge in [0, 0.05) is 38.3 Å². The first-order valence-corrected chi connectivity index (χ1v) is 6.79. The van der Waals surface area contributed by atoms with Crippen molar-refractivity contribution in [1.82, 2.24) is 15.1 Å². The van der Waals surface area contributed by atoms with Crippen LogP contribution in [-0.4, -0.2) is 61.7 Å². The SMILES string of the molecule is CCCNC(C)CC(C)N1CCN(C)CC1. The van der Waals surface area contributed by atoms with Crippen LogP contribution in [0.5, 0.6) is 0 Å². The molecule has 0 radical (unpaired) electrons. The van der Waals surface area contributed by atoms with Crippen LogP contribution in [0.25, 0.3) is 0 Å². The first-order valence-electron chi connectivity index (χ1n) is 6.79. The Labute approximate surface area is 101 Å². The van der Waals surface area contributed by atoms with Crippen molar-refractivity contribution in [2.24, 2.45) is 0 Å². The van der Waals surface area contributed by atoms with Crippen molar-refractivity contribution in [2.45, 2.75) is 45.7 Å². The lowest BCUT2D eigenvalue weighted by Gasteiger charge is -2.37. The maximum Gasteiger partial charge on any atom is 0.0113 e. The summed E-state index contributed by atoms with van der Waals surface area (Å²) in [6.45, 7) is 13.0. The number of nitrogens with one attached hydrogen (secondary N) is 1. The molecule has 1 rings (SSSR count). The van der Waals surface area contributed by atoms with Crippen molar-refractivity contribution in [2.75, 3.05) is 39.8 Å². The molecule has 2 unspecified atom stereocenters. The first kappa shape index (κ1) is 13.9. The highest BCUT2D eigenvalue weighted by Crippen LogP contribution is 2.10. The number of piperazine rings is 1. The van der Waals surface area contributed by atoms with Crippen LogP contribution in [0.2, 0.25) is 0 Å². The minimum absolute atomic E-state index is 0.648. The predicted octanol–water partition coefficient (Wildman–Crippen LogP) is 1.40. The highest BCUT2D eigenvalue weighted by Gasteiger charge is 2.20. The van der Waals surface area contributed by atoms with Crippen LogP contribution >= 0.6 is 0 Å². The van der Waals surface area contributed by atoms with E-state index in [1.165, 1.54) is 39.0 Å². The fraction of sp³-hybridized carbons (Fsp3) is 1.00. The number of nitrogens with zero attached hydrogens (tertiary/aromatic N) is 2. The van der Waals surface area contributed by atoms with Gasteiger partial charge >= 0.3 is 0 Å². The highest BCUT2D eigenvalue weighted by molar-refractivity contribution is 4.77. The van der Waals surface area contributed by atoms with Gasteiger partial charge in [-0.1, -0.05) is 6.92 Å². The maximum atomic E-state index is 3.57. The lowest BCUT2D eigenvalue weighted by Crippen LogP contribution is -2.49. The van der Waals surface area contributed by atoms with Crippen molar-refractivity contribution in [3.05, 3.63) is 0 Å². The number of likely N-dealkylation sites (N-methyl/N-ethyl adjacent to an activating group) is 1. The molecule has 1 aliphatic rings. The molecule has 1 heterocycles. The molecule has 1 N–H and O–H groups in total. The number of hydrogen-bond donors (Lipinski definition) is 1. The Morgan fingerprint density at radius 3 is 2.31 bits per heavy atom. The molecule has 1 fully saturated rings. The van der Waals surface area contributed by atoms with Crippen molar-refractivity contribution in [1.29, 1.82) is 0 Å². The van der Waals surface area contributed by atoms with E-state index in [1.807, 2.05) is 0 Å². The van der Waals surface area contributed by atoms with Gasteiger partial charge < -0.3 is 10.2 Å². The summed E-state index contributed by atoms with van der Waals surface area (Å²) in [6, 6.07) is 1.36. The second kappa shape index (κ2) is 7.25. The van der Waals surface area contributed by atoms with E-state index in [1.54, 1.807) is 0 Å². The molecule has 16 heavy (non-hydrogen) atoms. The van der Waals surface area contributed by atoms with Crippen molar-refractivity contribution >= 4 is 0 Å². The Hall–Kier alpha value is -0.120. The normalized spacial score (nSPS) is 23.2. The molecule has 0 aromatic rings. The summed E-state index contributed by atoms with van der Waals surface area (Å²) in [6.07, 6.45) is 2.50. The molecule has 1 aliphatic heterocycles. The van der Waals surface area contributed by atoms with E-state index in [-0.39, 0.29) is 0 Å². The van der Waals surface area contributed by atoms with Gasteiger partial charge in [0.15, 0.2) is 0 Å². The van der Waals surface area contributed by atoms with Gasteiger partial charge in [-0.2, -0.15) is 0 Å². The van der Waals surface area contributed by atoms with Crippen molar-refractivity contribution in [3.63, 3.8) is 0 Å². The van der Waals surface area contributed by atoms with Gasteiger partial charge in [-0.3, -0.25) is 4.90 Å². The Morgan fingerprint density at radius 1 is 1.12 bits per heavy atom. The van der Waals surface area contributed by atoms with E-state index >= 15 is 0 Å². The molecule has 0 saturated carbocycles. The second-order valence-corrected chi connectivity index (χ2v) is 5.28. The molecular weight excluding hydrogens is 198 g/mol. The van der Waals surface area contributed by atoms with Gasteiger partial charge in [0.2, 0.25) is 0 Å². The van der Waals surface area contributed by atoms with Crippen LogP contribution in [0.4, 0.5) is 0 Å². The van der Waals surface area contributed by atoms with Crippen molar-refractivity contribution < 1.29 is 0 Å². The molecule has 3 nitrogen and oxygen atoms in total. The molecular formula is C13H29N3. The molecule has 0 bridgehead atoms. The van der Waals surface area contributed by atoms with E-state index in [2.05, 4.69) is 42.9 Å². The fourth-order valence-corrected chi connectivity index (χ4v) is 2.40. The van der Waals surface area contributed by atoms with Crippen LogP contribution in [-0.2, 0) is 0 Å². The zero-order valence-corrected chi connectivity index (χ0v) is 11.5. The monoisotopic (exact) mass is 227 g/mol. The fourth-order valence-electron chi connectivity index (χ4n) is 2.40. The minimum Gasteiger partial charge on any atom is -0.314 e. The molecule has 0 aromatic carbocycles. The van der Waals surface area contributed by atoms with Gasteiger partial charge in [-0.25, -0.2) is 0 Å². The number of rotatable bonds is 6. The molecule has 0 aliphatic carbocycles. The second-order valence-electron chi connectivity index (χ2n) is 5.28. The van der Waals surface area contributed by atoms with E-state index in [0.717, 1.165) is 6.54 Å². The van der Waals surface area contributed by atoms with Crippen LogP contribution < -0.4 is 5.32 Å². The minimum atomic E-state index is 0.648. The zero-order valence-electron chi connectivity index (χ0n) is 11.5. The first-order chi connectivity index (χ1) is 7.63. The quantitative estimate of drug-likeness (QED) is 0.740. The molecule has 96 valence electrons. The van der Waals surface area contributed by atoms with Gasteiger partial charge in [-0.05, 0) is 40.3 Å². The molecule has 1 saturated heterocycles. The van der Waals surface area contributed by atoms with E-state index in [9.17, 15) is 0 Å². The average Bonchev–Trinajstić information content (AvgIpc) is 2.27. The predicted molar refractivity (Wildman–Crippen MR) is 70.9 cm³/mol. The largest absolute Gasteiger partial charge is 0.314 e. The smallest absolute Gasteiger partial charge is 0.0113 e. The third-order valence-electron chi connectivity index (χ3n) is 3.60. The Morgan fingerprint density at radius 2 is 1.75 bits per heavy atom. The van der Waals surface area contributed by atoms with Crippen LogP contribution in [0.1, 0.15) is 33.6 Å². The maximum absolute atomic E-state index is 3.57. The standard InChI is InChI=1S/C13H29N3/c1-5-6-14-12(2)11-13(3)16-9-7-15(4)8-10-16/h12-14H,5-11H2,1-4H3. The van der Waals surface area contributed by atoms with Crippen molar-refractivity contribution in [3.8, 4) is 0 Å². The van der Waals surface area contributed by atoms with Gasteiger partial charge in [-0.15, -0.1) is 0 Å². The Kier molecular flexibility index (Phi) is 6.32. The van der Waals surface area contributed by atoms with E-state index in [4.69, 9.17) is 0 Å². The summed E-state index contributed by atoms with van der Waals surface area (Å²) in [4.78, 5) is 5.05.